The molecule has 0 N–H and O–H groups in total. The van der Waals surface area contributed by atoms with Crippen LogP contribution in [0.4, 0.5) is 13.2 Å². The molecule has 4 aromatic rings. The lowest BCUT2D eigenvalue weighted by Crippen LogP contribution is -2.40. The minimum absolute atomic E-state index is 0.0230. The summed E-state index contributed by atoms with van der Waals surface area (Å²) in [7, 11) is 2.52. The topological polar surface area (TPSA) is 66.1 Å². The Morgan fingerprint density at radius 1 is 1.12 bits per heavy atom. The fourth-order valence-electron chi connectivity index (χ4n) is 3.47. The highest BCUT2D eigenvalue weighted by molar-refractivity contribution is 7.13. The molecule has 0 saturated carbocycles. The van der Waals surface area contributed by atoms with Gasteiger partial charge in [0.05, 0.1) is 28.2 Å². The summed E-state index contributed by atoms with van der Waals surface area (Å²) in [6, 6.07) is 8.90. The number of methoxy groups -OCH3 is 1. The first-order chi connectivity index (χ1) is 15.0. The number of benzene rings is 2. The first kappa shape index (κ1) is 22.1. The number of halogens is 4. The van der Waals surface area contributed by atoms with Crippen molar-refractivity contribution in [3.05, 3.63) is 73.5 Å². The molecule has 2 aromatic carbocycles. The lowest BCUT2D eigenvalue weighted by molar-refractivity contribution is -0.144. The summed E-state index contributed by atoms with van der Waals surface area (Å²) in [4.78, 5) is 25.2. The first-order valence-electron chi connectivity index (χ1n) is 9.17. The molecule has 0 spiro atoms. The molecule has 0 saturated heterocycles. The van der Waals surface area contributed by atoms with Gasteiger partial charge < -0.3 is 4.74 Å². The van der Waals surface area contributed by atoms with Crippen molar-refractivity contribution in [2.24, 2.45) is 7.05 Å². The highest BCUT2D eigenvalue weighted by atomic mass is 35.5. The third kappa shape index (κ3) is 3.59. The molecule has 0 fully saturated rings. The van der Waals surface area contributed by atoms with E-state index in [4.69, 9.17) is 16.3 Å². The molecule has 32 heavy (non-hydrogen) atoms. The maximum atomic E-state index is 13.2. The third-order valence-electron chi connectivity index (χ3n) is 5.06. The average molecular weight is 482 g/mol. The number of hydrogen-bond donors (Lipinski definition) is 0. The van der Waals surface area contributed by atoms with Gasteiger partial charge in [0.1, 0.15) is 11.4 Å². The quantitative estimate of drug-likeness (QED) is 0.421. The van der Waals surface area contributed by atoms with Crippen LogP contribution in [0.3, 0.4) is 0 Å². The molecule has 0 bridgehead atoms. The zero-order chi connectivity index (χ0) is 23.4. The van der Waals surface area contributed by atoms with Crippen molar-refractivity contribution in [2.75, 3.05) is 7.11 Å². The van der Waals surface area contributed by atoms with Crippen LogP contribution in [-0.2, 0) is 13.2 Å². The Kier molecular flexibility index (Phi) is 5.38. The monoisotopic (exact) mass is 481 g/mol. The Bertz CT molecular complexity index is 1490. The number of hydrogen-bond acceptors (Lipinski definition) is 5. The van der Waals surface area contributed by atoms with Gasteiger partial charge in [-0.05, 0) is 54.4 Å². The third-order valence-corrected chi connectivity index (χ3v) is 6.17. The zero-order valence-electron chi connectivity index (χ0n) is 17.0. The van der Waals surface area contributed by atoms with Crippen molar-refractivity contribution in [3.63, 3.8) is 0 Å². The van der Waals surface area contributed by atoms with Gasteiger partial charge in [-0.3, -0.25) is 9.36 Å². The standard InChI is InChI=1S/C21H15ClF3N3O3S/c1-10-6-11(4-5-15(10)31-3)19-12-7-14(13(22)8-16(12)32-26-19)28-18(29)9-17(21(23,24)25)27(2)20(28)30/h4-9H,1-3H3. The molecule has 0 aliphatic rings. The summed E-state index contributed by atoms with van der Waals surface area (Å²) >= 11 is 7.49. The number of fused-ring (bicyclic) bond motifs is 1. The van der Waals surface area contributed by atoms with E-state index in [1.807, 2.05) is 19.1 Å². The molecule has 0 aliphatic carbocycles. The SMILES string of the molecule is COc1ccc(-c2nsc3cc(Cl)c(-n4c(=O)cc(C(F)(F)F)n(C)c4=O)cc23)cc1C. The van der Waals surface area contributed by atoms with E-state index in [0.717, 1.165) is 18.2 Å². The van der Waals surface area contributed by atoms with E-state index in [9.17, 15) is 22.8 Å². The van der Waals surface area contributed by atoms with Gasteiger partial charge in [0, 0.05) is 24.1 Å². The molecule has 0 unspecified atom stereocenters. The summed E-state index contributed by atoms with van der Waals surface area (Å²) in [6.45, 7) is 1.88. The van der Waals surface area contributed by atoms with Crippen molar-refractivity contribution in [3.8, 4) is 22.7 Å². The van der Waals surface area contributed by atoms with E-state index >= 15 is 0 Å². The average Bonchev–Trinajstić information content (AvgIpc) is 3.12. The molecule has 11 heteroatoms. The Labute approximate surface area is 188 Å². The van der Waals surface area contributed by atoms with Gasteiger partial charge in [0.15, 0.2) is 0 Å². The molecular formula is C21H15ClF3N3O3S. The minimum atomic E-state index is -4.85. The molecule has 0 aliphatic heterocycles. The van der Waals surface area contributed by atoms with E-state index in [1.54, 1.807) is 13.2 Å². The second kappa shape index (κ2) is 7.79. The van der Waals surface area contributed by atoms with Gasteiger partial charge >= 0.3 is 11.9 Å². The second-order valence-electron chi connectivity index (χ2n) is 7.06. The molecule has 166 valence electrons. The van der Waals surface area contributed by atoms with E-state index in [-0.39, 0.29) is 10.7 Å². The van der Waals surface area contributed by atoms with Crippen molar-refractivity contribution < 1.29 is 17.9 Å². The predicted octanol–water partition coefficient (Wildman–Crippen LogP) is 4.80. The molecule has 2 heterocycles. The highest BCUT2D eigenvalue weighted by Gasteiger charge is 2.35. The van der Waals surface area contributed by atoms with Crippen molar-refractivity contribution >= 4 is 33.2 Å². The van der Waals surface area contributed by atoms with Crippen LogP contribution < -0.4 is 16.0 Å². The van der Waals surface area contributed by atoms with Gasteiger partial charge in [-0.2, -0.15) is 17.5 Å². The largest absolute Gasteiger partial charge is 0.496 e. The minimum Gasteiger partial charge on any atom is -0.496 e. The Morgan fingerprint density at radius 3 is 2.47 bits per heavy atom. The zero-order valence-corrected chi connectivity index (χ0v) is 18.5. The molecule has 6 nitrogen and oxygen atoms in total. The van der Waals surface area contributed by atoms with Crippen LogP contribution in [-0.4, -0.2) is 20.6 Å². The van der Waals surface area contributed by atoms with Gasteiger partial charge in [-0.15, -0.1) is 0 Å². The van der Waals surface area contributed by atoms with Gasteiger partial charge in [0.25, 0.3) is 5.56 Å². The van der Waals surface area contributed by atoms with Crippen LogP contribution in [0.5, 0.6) is 5.75 Å². The van der Waals surface area contributed by atoms with Crippen molar-refractivity contribution in [1.82, 2.24) is 13.5 Å². The summed E-state index contributed by atoms with van der Waals surface area (Å²) in [5.41, 5.74) is -1.41. The molecule has 0 amide bonds. The van der Waals surface area contributed by atoms with Crippen LogP contribution in [0.15, 0.2) is 46.0 Å². The van der Waals surface area contributed by atoms with Crippen LogP contribution in [0.25, 0.3) is 27.0 Å². The van der Waals surface area contributed by atoms with Crippen LogP contribution in [0.2, 0.25) is 5.02 Å². The van der Waals surface area contributed by atoms with E-state index in [1.165, 1.54) is 23.7 Å². The maximum Gasteiger partial charge on any atom is 0.431 e. The normalized spacial score (nSPS) is 11.8. The maximum absolute atomic E-state index is 13.2. The number of nitrogens with zero attached hydrogens (tertiary/aromatic N) is 3. The van der Waals surface area contributed by atoms with E-state index in [0.29, 0.717) is 36.7 Å². The Hall–Kier alpha value is -3.11. The number of rotatable bonds is 3. The van der Waals surface area contributed by atoms with Gasteiger partial charge in [-0.1, -0.05) is 11.6 Å². The summed E-state index contributed by atoms with van der Waals surface area (Å²) in [5, 5.41) is 0.644. The predicted molar refractivity (Wildman–Crippen MR) is 117 cm³/mol. The van der Waals surface area contributed by atoms with Crippen LogP contribution in [0, 0.1) is 6.92 Å². The Balaban J connectivity index is 1.96. The van der Waals surface area contributed by atoms with Gasteiger partial charge in [-0.25, -0.2) is 9.36 Å². The fraction of sp³-hybridized carbons (Fsp3) is 0.190. The fourth-order valence-corrected chi connectivity index (χ4v) is 4.60. The van der Waals surface area contributed by atoms with Crippen molar-refractivity contribution in [1.29, 1.82) is 0 Å². The summed E-state index contributed by atoms with van der Waals surface area (Å²) in [5.74, 6) is 0.705. The molecule has 0 atom stereocenters. The smallest absolute Gasteiger partial charge is 0.431 e. The lowest BCUT2D eigenvalue weighted by Gasteiger charge is -2.14. The summed E-state index contributed by atoms with van der Waals surface area (Å²) < 4.78 is 50.9. The van der Waals surface area contributed by atoms with E-state index in [2.05, 4.69) is 4.37 Å². The Morgan fingerprint density at radius 2 is 1.84 bits per heavy atom. The first-order valence-corrected chi connectivity index (χ1v) is 10.3. The highest BCUT2D eigenvalue weighted by Crippen LogP contribution is 2.36. The number of ether oxygens (including phenoxy) is 1. The summed E-state index contributed by atoms with van der Waals surface area (Å²) in [6.07, 6.45) is -4.85. The van der Waals surface area contributed by atoms with Gasteiger partial charge in [0.2, 0.25) is 0 Å². The molecule has 2 aromatic heterocycles. The van der Waals surface area contributed by atoms with Crippen LogP contribution >= 0.6 is 23.1 Å². The number of aromatic nitrogens is 3. The second-order valence-corrected chi connectivity index (χ2v) is 8.27. The molecule has 0 radical (unpaired) electrons. The van der Waals surface area contributed by atoms with Crippen molar-refractivity contribution in [2.45, 2.75) is 13.1 Å². The molecular weight excluding hydrogens is 467 g/mol. The molecule has 4 rings (SSSR count). The van der Waals surface area contributed by atoms with Crippen LogP contribution in [0.1, 0.15) is 11.3 Å². The van der Waals surface area contributed by atoms with E-state index < -0.39 is 23.1 Å². The number of alkyl halides is 3. The number of aryl methyl sites for hydroxylation is 1. The lowest BCUT2D eigenvalue weighted by atomic mass is 10.0.